The predicted octanol–water partition coefficient (Wildman–Crippen LogP) is 3.24. The third-order valence-electron chi connectivity index (χ3n) is 4.42. The average Bonchev–Trinajstić information content (AvgIpc) is 2.51. The molecule has 0 amide bonds. The Bertz CT molecular complexity index is 749. The molecule has 0 bridgehead atoms. The number of benzene rings is 1. The van der Waals surface area contributed by atoms with E-state index in [0.29, 0.717) is 6.54 Å². The lowest BCUT2D eigenvalue weighted by atomic mass is 10.0. The first kappa shape index (κ1) is 16.2. The number of nitrogens with zero attached hydrogens (tertiary/aromatic N) is 2. The lowest BCUT2D eigenvalue weighted by molar-refractivity contribution is 0.239. The van der Waals surface area contributed by atoms with Gasteiger partial charge in [0.15, 0.2) is 0 Å². The van der Waals surface area contributed by atoms with Crippen LogP contribution in [-0.4, -0.2) is 21.4 Å². The molecule has 23 heavy (non-hydrogen) atoms. The highest BCUT2D eigenvalue weighted by Crippen LogP contribution is 2.24. The van der Waals surface area contributed by atoms with Crippen LogP contribution < -0.4 is 5.56 Å². The molecule has 0 fully saturated rings. The second-order valence-electron chi connectivity index (χ2n) is 6.18. The highest BCUT2D eigenvalue weighted by Gasteiger charge is 2.22. The van der Waals surface area contributed by atoms with Gasteiger partial charge >= 0.3 is 0 Å². The minimum Gasteiger partial charge on any atom is -0.310 e. The summed E-state index contributed by atoms with van der Waals surface area (Å²) in [7, 11) is 0. The minimum atomic E-state index is 0.0343. The normalized spacial score (nSPS) is 14.7. The summed E-state index contributed by atoms with van der Waals surface area (Å²) < 4.78 is 0. The average molecular weight is 332 g/mol. The molecule has 1 N–H and O–H groups in total. The summed E-state index contributed by atoms with van der Waals surface area (Å²) in [5.41, 5.74) is 4.17. The first-order valence-electron chi connectivity index (χ1n) is 8.15. The van der Waals surface area contributed by atoms with E-state index in [1.807, 2.05) is 12.1 Å². The van der Waals surface area contributed by atoms with Gasteiger partial charge in [0.1, 0.15) is 5.82 Å². The van der Waals surface area contributed by atoms with E-state index < -0.39 is 0 Å². The minimum absolute atomic E-state index is 0.0343. The fraction of sp³-hybridized carbons (Fsp3) is 0.444. The van der Waals surface area contributed by atoms with Crippen LogP contribution in [0.1, 0.15) is 41.6 Å². The van der Waals surface area contributed by atoms with Gasteiger partial charge < -0.3 is 4.98 Å². The summed E-state index contributed by atoms with van der Waals surface area (Å²) in [6.45, 7) is 6.53. The Balaban J connectivity index is 1.83. The third kappa shape index (κ3) is 3.48. The standard InChI is InChI=1S/C18H22ClN3O/c1-3-5-17-20-16-11-22(9-8-13(16)18(23)21-17)10-14-12(2)6-4-7-15(14)19/h4,6-7H,3,5,8-11H2,1-2H3,(H,20,21,23). The summed E-state index contributed by atoms with van der Waals surface area (Å²) in [5, 5.41) is 0.807. The zero-order valence-corrected chi connectivity index (χ0v) is 14.4. The van der Waals surface area contributed by atoms with Crippen LogP contribution in [0, 0.1) is 6.92 Å². The molecule has 2 heterocycles. The number of fused-ring (bicyclic) bond motifs is 1. The highest BCUT2D eigenvalue weighted by molar-refractivity contribution is 6.31. The maximum absolute atomic E-state index is 12.2. The molecule has 4 nitrogen and oxygen atoms in total. The van der Waals surface area contributed by atoms with Crippen LogP contribution in [0.3, 0.4) is 0 Å². The number of halogens is 1. The molecule has 1 aromatic carbocycles. The van der Waals surface area contributed by atoms with Crippen molar-refractivity contribution in [3.05, 3.63) is 61.8 Å². The Morgan fingerprint density at radius 2 is 2.22 bits per heavy atom. The van der Waals surface area contributed by atoms with Crippen LogP contribution >= 0.6 is 11.6 Å². The fourth-order valence-corrected chi connectivity index (χ4v) is 3.41. The molecule has 5 heteroatoms. The van der Waals surface area contributed by atoms with Crippen molar-refractivity contribution < 1.29 is 0 Å². The van der Waals surface area contributed by atoms with Crippen LogP contribution in [0.2, 0.25) is 5.02 Å². The SMILES string of the molecule is CCCc1nc2c(c(=O)[nH]1)CCN(Cc1c(C)cccc1Cl)C2. The van der Waals surface area contributed by atoms with E-state index in [1.165, 1.54) is 5.56 Å². The Kier molecular flexibility index (Phi) is 4.83. The molecule has 0 saturated carbocycles. The third-order valence-corrected chi connectivity index (χ3v) is 4.78. The highest BCUT2D eigenvalue weighted by atomic mass is 35.5. The smallest absolute Gasteiger partial charge is 0.254 e. The first-order chi connectivity index (χ1) is 11.1. The van der Waals surface area contributed by atoms with Gasteiger partial charge in [-0.15, -0.1) is 0 Å². The molecule has 1 aliphatic rings. The Labute approximate surface area is 141 Å². The molecule has 1 aromatic heterocycles. The van der Waals surface area contributed by atoms with Crippen molar-refractivity contribution in [2.45, 2.75) is 46.2 Å². The zero-order chi connectivity index (χ0) is 16.4. The molecule has 0 radical (unpaired) electrons. The number of aryl methyl sites for hydroxylation is 2. The van der Waals surface area contributed by atoms with Crippen LogP contribution in [0.4, 0.5) is 0 Å². The van der Waals surface area contributed by atoms with E-state index in [2.05, 4.69) is 34.8 Å². The second-order valence-corrected chi connectivity index (χ2v) is 6.59. The van der Waals surface area contributed by atoms with Crippen LogP contribution in [0.5, 0.6) is 0 Å². The maximum atomic E-state index is 12.2. The Hall–Kier alpha value is -1.65. The fourth-order valence-electron chi connectivity index (χ4n) is 3.13. The van der Waals surface area contributed by atoms with Crippen molar-refractivity contribution in [2.24, 2.45) is 0 Å². The van der Waals surface area contributed by atoms with E-state index in [0.717, 1.165) is 60.0 Å². The summed E-state index contributed by atoms with van der Waals surface area (Å²) in [6, 6.07) is 6.00. The summed E-state index contributed by atoms with van der Waals surface area (Å²) >= 11 is 6.34. The number of hydrogen-bond acceptors (Lipinski definition) is 3. The number of nitrogens with one attached hydrogen (secondary N) is 1. The summed E-state index contributed by atoms with van der Waals surface area (Å²) in [4.78, 5) is 22.1. The topological polar surface area (TPSA) is 49.0 Å². The molecule has 0 aliphatic carbocycles. The molecular formula is C18H22ClN3O. The Morgan fingerprint density at radius 1 is 1.39 bits per heavy atom. The van der Waals surface area contributed by atoms with Crippen molar-refractivity contribution in [3.8, 4) is 0 Å². The van der Waals surface area contributed by atoms with Crippen LogP contribution in [0.25, 0.3) is 0 Å². The molecule has 0 atom stereocenters. The Morgan fingerprint density at radius 3 is 2.96 bits per heavy atom. The molecule has 0 spiro atoms. The van der Waals surface area contributed by atoms with Gasteiger partial charge in [-0.25, -0.2) is 4.98 Å². The van der Waals surface area contributed by atoms with Gasteiger partial charge in [0.2, 0.25) is 0 Å². The van der Waals surface area contributed by atoms with E-state index in [-0.39, 0.29) is 5.56 Å². The van der Waals surface area contributed by atoms with E-state index in [1.54, 1.807) is 0 Å². The number of aromatic amines is 1. The lowest BCUT2D eigenvalue weighted by Crippen LogP contribution is -2.35. The van der Waals surface area contributed by atoms with Crippen LogP contribution in [-0.2, 0) is 25.9 Å². The quantitative estimate of drug-likeness (QED) is 0.935. The van der Waals surface area contributed by atoms with Crippen molar-refractivity contribution in [2.75, 3.05) is 6.54 Å². The summed E-state index contributed by atoms with van der Waals surface area (Å²) in [5.74, 6) is 0.798. The van der Waals surface area contributed by atoms with Crippen molar-refractivity contribution >= 4 is 11.6 Å². The monoisotopic (exact) mass is 331 g/mol. The number of hydrogen-bond donors (Lipinski definition) is 1. The number of H-pyrrole nitrogens is 1. The van der Waals surface area contributed by atoms with Crippen LogP contribution in [0.15, 0.2) is 23.0 Å². The molecule has 3 rings (SSSR count). The van der Waals surface area contributed by atoms with Gasteiger partial charge in [-0.3, -0.25) is 9.69 Å². The predicted molar refractivity (Wildman–Crippen MR) is 92.9 cm³/mol. The van der Waals surface area contributed by atoms with Crippen molar-refractivity contribution in [3.63, 3.8) is 0 Å². The number of aromatic nitrogens is 2. The molecule has 122 valence electrons. The maximum Gasteiger partial charge on any atom is 0.254 e. The van der Waals surface area contributed by atoms with Gasteiger partial charge in [0, 0.05) is 36.6 Å². The van der Waals surface area contributed by atoms with Gasteiger partial charge in [-0.05, 0) is 37.0 Å². The van der Waals surface area contributed by atoms with Crippen molar-refractivity contribution in [1.29, 1.82) is 0 Å². The lowest BCUT2D eigenvalue weighted by Gasteiger charge is -2.28. The molecule has 2 aromatic rings. The summed E-state index contributed by atoms with van der Waals surface area (Å²) in [6.07, 6.45) is 2.53. The number of rotatable bonds is 4. The van der Waals surface area contributed by atoms with Gasteiger partial charge in [0.25, 0.3) is 5.56 Å². The zero-order valence-electron chi connectivity index (χ0n) is 13.7. The molecule has 0 saturated heterocycles. The van der Waals surface area contributed by atoms with Crippen molar-refractivity contribution in [1.82, 2.24) is 14.9 Å². The molecule has 1 aliphatic heterocycles. The van der Waals surface area contributed by atoms with Gasteiger partial charge in [-0.1, -0.05) is 30.7 Å². The molecular weight excluding hydrogens is 310 g/mol. The molecule has 0 unspecified atom stereocenters. The van der Waals surface area contributed by atoms with E-state index >= 15 is 0 Å². The second kappa shape index (κ2) is 6.85. The van der Waals surface area contributed by atoms with Gasteiger partial charge in [0.05, 0.1) is 5.69 Å². The first-order valence-corrected chi connectivity index (χ1v) is 8.53. The van der Waals surface area contributed by atoms with E-state index in [9.17, 15) is 4.79 Å². The van der Waals surface area contributed by atoms with Gasteiger partial charge in [-0.2, -0.15) is 0 Å². The largest absolute Gasteiger partial charge is 0.310 e. The van der Waals surface area contributed by atoms with E-state index in [4.69, 9.17) is 11.6 Å².